The number of fused-ring (bicyclic) bond motifs is 1. The van der Waals surface area contributed by atoms with Crippen LogP contribution >= 0.6 is 23.1 Å². The number of thioether (sulfide) groups is 1. The monoisotopic (exact) mass is 379 g/mol. The number of methoxy groups -OCH3 is 1. The van der Waals surface area contributed by atoms with E-state index >= 15 is 0 Å². The van der Waals surface area contributed by atoms with Crippen LogP contribution in [-0.4, -0.2) is 29.0 Å². The predicted molar refractivity (Wildman–Crippen MR) is 99.7 cm³/mol. The molecule has 3 rings (SSSR count). The topological polar surface area (TPSA) is 51.5 Å². The summed E-state index contributed by atoms with van der Waals surface area (Å²) in [5.74, 6) is -1.24. The number of ether oxygens (including phenoxy) is 1. The molecular formula is C18H18FNO3S2. The Hall–Kier alpha value is -1.99. The van der Waals surface area contributed by atoms with Crippen LogP contribution in [0.5, 0.6) is 5.75 Å². The Bertz CT molecular complexity index is 946. The van der Waals surface area contributed by atoms with Crippen molar-refractivity contribution in [2.24, 2.45) is 0 Å². The largest absolute Gasteiger partial charge is 0.494 e. The lowest BCUT2D eigenvalue weighted by Gasteiger charge is -2.08. The first-order chi connectivity index (χ1) is 11.9. The lowest BCUT2D eigenvalue weighted by molar-refractivity contribution is -0.136. The first-order valence-corrected chi connectivity index (χ1v) is 9.68. The smallest absolute Gasteiger partial charge is 0.307 e. The van der Waals surface area contributed by atoms with Gasteiger partial charge in [0.2, 0.25) is 0 Å². The molecule has 0 spiro atoms. The number of rotatable bonds is 6. The van der Waals surface area contributed by atoms with Gasteiger partial charge in [-0.1, -0.05) is 0 Å². The number of aromatic nitrogens is 1. The minimum Gasteiger partial charge on any atom is -0.494 e. The molecule has 2 heterocycles. The molecule has 0 fully saturated rings. The second-order valence-corrected chi connectivity index (χ2v) is 7.92. The maximum absolute atomic E-state index is 14.2. The van der Waals surface area contributed by atoms with E-state index in [4.69, 9.17) is 4.74 Å². The zero-order chi connectivity index (χ0) is 18.1. The highest BCUT2D eigenvalue weighted by Crippen LogP contribution is 2.34. The Morgan fingerprint density at radius 3 is 2.76 bits per heavy atom. The average molecular weight is 379 g/mol. The van der Waals surface area contributed by atoms with Gasteiger partial charge in [-0.05, 0) is 36.9 Å². The fourth-order valence-electron chi connectivity index (χ4n) is 2.99. The molecule has 0 aliphatic heterocycles. The minimum absolute atomic E-state index is 0.107. The molecule has 0 atom stereocenters. The molecule has 0 aliphatic rings. The number of hydrogen-bond donors (Lipinski definition) is 1. The zero-order valence-corrected chi connectivity index (χ0v) is 15.8. The summed E-state index contributed by atoms with van der Waals surface area (Å²) in [5.41, 5.74) is 2.22. The summed E-state index contributed by atoms with van der Waals surface area (Å²) in [5, 5.41) is 9.97. The second-order valence-electron chi connectivity index (χ2n) is 5.65. The van der Waals surface area contributed by atoms with Gasteiger partial charge in [0.15, 0.2) is 11.6 Å². The Balaban J connectivity index is 2.17. The van der Waals surface area contributed by atoms with E-state index in [1.165, 1.54) is 17.4 Å². The lowest BCUT2D eigenvalue weighted by Crippen LogP contribution is -2.04. The van der Waals surface area contributed by atoms with E-state index < -0.39 is 11.8 Å². The molecular weight excluding hydrogens is 361 g/mol. The third-order valence-electron chi connectivity index (χ3n) is 4.21. The van der Waals surface area contributed by atoms with Gasteiger partial charge in [0.05, 0.1) is 29.8 Å². The van der Waals surface area contributed by atoms with Gasteiger partial charge in [-0.2, -0.15) is 0 Å². The van der Waals surface area contributed by atoms with Crippen LogP contribution in [0.1, 0.15) is 16.1 Å². The summed E-state index contributed by atoms with van der Waals surface area (Å²) >= 11 is 3.37. The molecule has 0 aliphatic carbocycles. The fraction of sp³-hybridized carbons (Fsp3) is 0.278. The number of carboxylic acids is 1. The Labute approximate surface area is 153 Å². The maximum atomic E-state index is 14.2. The Morgan fingerprint density at radius 2 is 2.16 bits per heavy atom. The van der Waals surface area contributed by atoms with E-state index in [1.54, 1.807) is 29.2 Å². The van der Waals surface area contributed by atoms with Crippen LogP contribution in [0.25, 0.3) is 10.9 Å². The van der Waals surface area contributed by atoms with E-state index in [-0.39, 0.29) is 12.2 Å². The summed E-state index contributed by atoms with van der Waals surface area (Å²) in [4.78, 5) is 12.4. The molecule has 0 amide bonds. The lowest BCUT2D eigenvalue weighted by atomic mass is 10.1. The molecule has 0 bridgehead atoms. The zero-order valence-electron chi connectivity index (χ0n) is 14.1. The quantitative estimate of drug-likeness (QED) is 0.638. The molecule has 1 aromatic carbocycles. The van der Waals surface area contributed by atoms with Gasteiger partial charge in [0.25, 0.3) is 0 Å². The highest BCUT2D eigenvalue weighted by Gasteiger charge is 2.19. The van der Waals surface area contributed by atoms with E-state index in [2.05, 4.69) is 12.1 Å². The van der Waals surface area contributed by atoms with Gasteiger partial charge in [0, 0.05) is 22.0 Å². The third-order valence-corrected chi connectivity index (χ3v) is 6.36. The summed E-state index contributed by atoms with van der Waals surface area (Å²) in [6, 6.07) is 7.13. The molecule has 25 heavy (non-hydrogen) atoms. The summed E-state index contributed by atoms with van der Waals surface area (Å²) in [7, 11) is 1.40. The van der Waals surface area contributed by atoms with Crippen LogP contribution in [0.2, 0.25) is 0 Å². The van der Waals surface area contributed by atoms with Gasteiger partial charge < -0.3 is 14.4 Å². The highest BCUT2D eigenvalue weighted by atomic mass is 32.2. The number of carboxylic acid groups (broad SMARTS) is 1. The number of carbonyl (C=O) groups is 1. The number of thiophene rings is 1. The predicted octanol–water partition coefficient (Wildman–Crippen LogP) is 4.56. The van der Waals surface area contributed by atoms with Crippen LogP contribution in [0.3, 0.4) is 0 Å². The molecule has 2 aromatic heterocycles. The summed E-state index contributed by atoms with van der Waals surface area (Å²) in [6.07, 6.45) is 1.92. The van der Waals surface area contributed by atoms with E-state index in [0.29, 0.717) is 17.6 Å². The first kappa shape index (κ1) is 17.8. The van der Waals surface area contributed by atoms with Crippen molar-refractivity contribution < 1.29 is 19.0 Å². The van der Waals surface area contributed by atoms with Crippen molar-refractivity contribution in [1.29, 1.82) is 0 Å². The van der Waals surface area contributed by atoms with Crippen molar-refractivity contribution >= 4 is 40.0 Å². The van der Waals surface area contributed by atoms with E-state index in [0.717, 1.165) is 16.0 Å². The normalized spacial score (nSPS) is 11.2. The fourth-order valence-corrected chi connectivity index (χ4v) is 4.57. The van der Waals surface area contributed by atoms with Gasteiger partial charge >= 0.3 is 5.97 Å². The number of hydrogen-bond acceptors (Lipinski definition) is 4. The number of benzene rings is 1. The van der Waals surface area contributed by atoms with Crippen LogP contribution in [-0.2, 0) is 17.8 Å². The van der Waals surface area contributed by atoms with Gasteiger partial charge in [0.1, 0.15) is 0 Å². The van der Waals surface area contributed by atoms with Crippen molar-refractivity contribution in [2.75, 3.05) is 13.4 Å². The van der Waals surface area contributed by atoms with Crippen LogP contribution in [0.15, 0.2) is 28.5 Å². The minimum atomic E-state index is -0.911. The standard InChI is InChI=1S/C18H18FNO3S2/c1-10-12(7-17(21)22)13-6-16(23-2)14(19)8-15(13)20(10)9-11-4-5-18(24-3)25-11/h4-6,8H,7,9H2,1-3H3,(H,21,22). The number of halogens is 1. The molecule has 0 radical (unpaired) electrons. The average Bonchev–Trinajstić information content (AvgIpc) is 3.12. The van der Waals surface area contributed by atoms with Crippen molar-refractivity contribution in [3.05, 3.63) is 46.2 Å². The summed E-state index contributed by atoms with van der Waals surface area (Å²) < 4.78 is 22.5. The Morgan fingerprint density at radius 1 is 1.40 bits per heavy atom. The van der Waals surface area contributed by atoms with Crippen LogP contribution in [0.4, 0.5) is 4.39 Å². The van der Waals surface area contributed by atoms with Crippen LogP contribution in [0, 0.1) is 12.7 Å². The van der Waals surface area contributed by atoms with Gasteiger partial charge in [-0.25, -0.2) is 4.39 Å². The van der Waals surface area contributed by atoms with Crippen molar-refractivity contribution in [3.63, 3.8) is 0 Å². The number of aliphatic carboxylic acids is 1. The van der Waals surface area contributed by atoms with Crippen molar-refractivity contribution in [2.45, 2.75) is 24.1 Å². The van der Waals surface area contributed by atoms with E-state index in [1.807, 2.05) is 17.7 Å². The molecule has 7 heteroatoms. The van der Waals surface area contributed by atoms with Crippen LogP contribution < -0.4 is 4.74 Å². The van der Waals surface area contributed by atoms with Gasteiger partial charge in [-0.15, -0.1) is 23.1 Å². The van der Waals surface area contributed by atoms with Gasteiger partial charge in [-0.3, -0.25) is 4.79 Å². The molecule has 132 valence electrons. The molecule has 3 aromatic rings. The first-order valence-electron chi connectivity index (χ1n) is 7.64. The summed E-state index contributed by atoms with van der Waals surface area (Å²) in [6.45, 7) is 2.46. The third kappa shape index (κ3) is 3.39. The Kier molecular flexibility index (Phi) is 5.06. The second kappa shape index (κ2) is 7.09. The van der Waals surface area contributed by atoms with E-state index in [9.17, 15) is 14.3 Å². The highest BCUT2D eigenvalue weighted by molar-refractivity contribution is 8.00. The molecule has 0 saturated heterocycles. The van der Waals surface area contributed by atoms with Crippen molar-refractivity contribution in [1.82, 2.24) is 4.57 Å². The molecule has 4 nitrogen and oxygen atoms in total. The molecule has 0 saturated carbocycles. The molecule has 0 unspecified atom stereocenters. The number of nitrogens with zero attached hydrogens (tertiary/aromatic N) is 1. The maximum Gasteiger partial charge on any atom is 0.307 e. The SMILES string of the molecule is COc1cc2c(CC(=O)O)c(C)n(Cc3ccc(SC)s3)c2cc1F. The molecule has 1 N–H and O–H groups in total. The van der Waals surface area contributed by atoms with Crippen molar-refractivity contribution in [3.8, 4) is 5.75 Å².